The van der Waals surface area contributed by atoms with Crippen LogP contribution in [0.3, 0.4) is 0 Å². The van der Waals surface area contributed by atoms with Crippen LogP contribution in [0.25, 0.3) is 5.69 Å². The third-order valence-electron chi connectivity index (χ3n) is 4.56. The average molecular weight is 424 g/mol. The molecule has 2 amide bonds. The van der Waals surface area contributed by atoms with Gasteiger partial charge in [-0.05, 0) is 39.0 Å². The zero-order valence-electron chi connectivity index (χ0n) is 17.2. The number of likely N-dealkylation sites (N-methyl/N-ethyl adjacent to an activating group) is 2. The minimum Gasteiger partial charge on any atom is -0.342 e. The van der Waals surface area contributed by atoms with Crippen LogP contribution in [0.1, 0.15) is 35.6 Å². The smallest absolute Gasteiger partial charge is 0.342 e. The quantitative estimate of drug-likeness (QED) is 0.714. The molecule has 0 aliphatic rings. The maximum absolute atomic E-state index is 13.0. The van der Waals surface area contributed by atoms with Gasteiger partial charge in [0.1, 0.15) is 0 Å². The SMILES string of the molecule is CCN(CC)C(=O)CN(C)C(=O)c1nn(-c2cccc(C(F)(F)F)c2)c(C)cc1=O. The summed E-state index contributed by atoms with van der Waals surface area (Å²) >= 11 is 0. The van der Waals surface area contributed by atoms with Gasteiger partial charge in [-0.25, -0.2) is 4.68 Å². The van der Waals surface area contributed by atoms with Crippen molar-refractivity contribution in [2.45, 2.75) is 26.9 Å². The van der Waals surface area contributed by atoms with Crippen LogP contribution in [0.15, 0.2) is 35.1 Å². The summed E-state index contributed by atoms with van der Waals surface area (Å²) in [5.41, 5.74) is -1.72. The van der Waals surface area contributed by atoms with Crippen molar-refractivity contribution in [2.24, 2.45) is 0 Å². The molecule has 0 aliphatic heterocycles. The molecule has 1 aromatic carbocycles. The second-order valence-corrected chi connectivity index (χ2v) is 6.69. The average Bonchev–Trinajstić information content (AvgIpc) is 2.68. The maximum Gasteiger partial charge on any atom is 0.416 e. The Morgan fingerprint density at radius 2 is 1.77 bits per heavy atom. The Morgan fingerprint density at radius 3 is 2.33 bits per heavy atom. The van der Waals surface area contributed by atoms with E-state index in [1.807, 2.05) is 0 Å². The molecule has 2 rings (SSSR count). The first-order valence-corrected chi connectivity index (χ1v) is 9.31. The topological polar surface area (TPSA) is 75.5 Å². The summed E-state index contributed by atoms with van der Waals surface area (Å²) in [5, 5.41) is 4.00. The van der Waals surface area contributed by atoms with Crippen LogP contribution in [0, 0.1) is 6.92 Å². The number of hydrogen-bond acceptors (Lipinski definition) is 4. The van der Waals surface area contributed by atoms with E-state index >= 15 is 0 Å². The lowest BCUT2D eigenvalue weighted by atomic mass is 10.2. The summed E-state index contributed by atoms with van der Waals surface area (Å²) in [4.78, 5) is 39.9. The molecule has 1 aromatic heterocycles. The van der Waals surface area contributed by atoms with Gasteiger partial charge in [0.25, 0.3) is 5.91 Å². The summed E-state index contributed by atoms with van der Waals surface area (Å²) in [5.74, 6) is -1.08. The van der Waals surface area contributed by atoms with Crippen molar-refractivity contribution in [3.05, 3.63) is 57.5 Å². The molecule has 162 valence electrons. The van der Waals surface area contributed by atoms with Crippen molar-refractivity contribution < 1.29 is 22.8 Å². The largest absolute Gasteiger partial charge is 0.416 e. The molecule has 10 heteroatoms. The van der Waals surface area contributed by atoms with E-state index < -0.39 is 28.8 Å². The third-order valence-corrected chi connectivity index (χ3v) is 4.56. The fourth-order valence-electron chi connectivity index (χ4n) is 2.90. The molecule has 2 aromatic rings. The molecule has 0 fully saturated rings. The number of benzene rings is 1. The Hall–Kier alpha value is -3.17. The van der Waals surface area contributed by atoms with Gasteiger partial charge >= 0.3 is 6.18 Å². The van der Waals surface area contributed by atoms with E-state index in [1.54, 1.807) is 13.8 Å². The number of carbonyl (C=O) groups excluding carboxylic acids is 2. The lowest BCUT2D eigenvalue weighted by Gasteiger charge is -2.23. The maximum atomic E-state index is 13.0. The van der Waals surface area contributed by atoms with Gasteiger partial charge in [-0.1, -0.05) is 6.07 Å². The van der Waals surface area contributed by atoms with Gasteiger partial charge in [0.15, 0.2) is 5.69 Å². The molecule has 0 radical (unpaired) electrons. The van der Waals surface area contributed by atoms with Gasteiger partial charge in [0.05, 0.1) is 17.8 Å². The number of aryl methyl sites for hydroxylation is 1. The monoisotopic (exact) mass is 424 g/mol. The zero-order valence-corrected chi connectivity index (χ0v) is 17.2. The summed E-state index contributed by atoms with van der Waals surface area (Å²) in [6.45, 7) is 5.80. The molecule has 0 atom stereocenters. The van der Waals surface area contributed by atoms with Gasteiger partial charge in [0.2, 0.25) is 11.3 Å². The summed E-state index contributed by atoms with van der Waals surface area (Å²) in [6.07, 6.45) is -4.55. The van der Waals surface area contributed by atoms with Gasteiger partial charge in [-0.2, -0.15) is 18.3 Å². The van der Waals surface area contributed by atoms with Gasteiger partial charge in [-0.3, -0.25) is 14.4 Å². The third kappa shape index (κ3) is 5.05. The highest BCUT2D eigenvalue weighted by atomic mass is 19.4. The van der Waals surface area contributed by atoms with Crippen molar-refractivity contribution in [3.8, 4) is 5.69 Å². The molecule has 7 nitrogen and oxygen atoms in total. The Morgan fingerprint density at radius 1 is 1.13 bits per heavy atom. The lowest BCUT2D eigenvalue weighted by molar-refractivity contribution is -0.137. The normalized spacial score (nSPS) is 11.3. The van der Waals surface area contributed by atoms with E-state index in [-0.39, 0.29) is 23.8 Å². The molecule has 0 spiro atoms. The number of halogens is 3. The number of carbonyl (C=O) groups is 2. The van der Waals surface area contributed by atoms with Crippen LogP contribution in [0.4, 0.5) is 13.2 Å². The Kier molecular flexibility index (Phi) is 7.01. The van der Waals surface area contributed by atoms with E-state index in [4.69, 9.17) is 0 Å². The van der Waals surface area contributed by atoms with Crippen molar-refractivity contribution in [1.29, 1.82) is 0 Å². The minimum absolute atomic E-state index is 0.0539. The Bertz CT molecular complexity index is 998. The molecule has 0 N–H and O–H groups in total. The van der Waals surface area contributed by atoms with Crippen molar-refractivity contribution in [3.63, 3.8) is 0 Å². The van der Waals surface area contributed by atoms with Gasteiger partial charge in [-0.15, -0.1) is 0 Å². The highest BCUT2D eigenvalue weighted by molar-refractivity contribution is 5.94. The van der Waals surface area contributed by atoms with Crippen LogP contribution < -0.4 is 5.43 Å². The Labute approximate surface area is 171 Å². The van der Waals surface area contributed by atoms with E-state index in [9.17, 15) is 27.6 Å². The highest BCUT2D eigenvalue weighted by Gasteiger charge is 2.31. The first-order chi connectivity index (χ1) is 14.0. The molecule has 1 heterocycles. The fraction of sp³-hybridized carbons (Fsp3) is 0.400. The Balaban J connectivity index is 2.41. The number of alkyl halides is 3. The van der Waals surface area contributed by atoms with Crippen LogP contribution >= 0.6 is 0 Å². The van der Waals surface area contributed by atoms with Crippen molar-refractivity contribution >= 4 is 11.8 Å². The molecule has 0 saturated carbocycles. The van der Waals surface area contributed by atoms with Crippen LogP contribution in [-0.4, -0.2) is 58.1 Å². The zero-order chi connectivity index (χ0) is 22.6. The molecular formula is C20H23F3N4O3. The van der Waals surface area contributed by atoms with Crippen molar-refractivity contribution in [2.75, 3.05) is 26.7 Å². The molecular weight excluding hydrogens is 401 g/mol. The molecule has 0 bridgehead atoms. The van der Waals surface area contributed by atoms with Crippen molar-refractivity contribution in [1.82, 2.24) is 19.6 Å². The van der Waals surface area contributed by atoms with E-state index in [0.717, 1.165) is 27.8 Å². The van der Waals surface area contributed by atoms with Crippen LogP contribution in [0.2, 0.25) is 0 Å². The molecule has 0 saturated heterocycles. The standard InChI is InChI=1S/C20H23F3N4O3/c1-5-26(6-2)17(29)12-25(4)19(30)18-16(28)10-13(3)27(24-18)15-9-7-8-14(11-15)20(21,22)23/h7-11H,5-6,12H2,1-4H3. The number of rotatable bonds is 6. The van der Waals surface area contributed by atoms with E-state index in [2.05, 4.69) is 5.10 Å². The number of nitrogens with zero attached hydrogens (tertiary/aromatic N) is 4. The van der Waals surface area contributed by atoms with Crippen LogP contribution in [0.5, 0.6) is 0 Å². The van der Waals surface area contributed by atoms with Crippen LogP contribution in [-0.2, 0) is 11.0 Å². The lowest BCUT2D eigenvalue weighted by Crippen LogP contribution is -2.42. The number of amides is 2. The first-order valence-electron chi connectivity index (χ1n) is 9.31. The summed E-state index contributed by atoms with van der Waals surface area (Å²) in [7, 11) is 1.36. The predicted molar refractivity (Wildman–Crippen MR) is 104 cm³/mol. The number of aromatic nitrogens is 2. The van der Waals surface area contributed by atoms with Gasteiger partial charge in [0, 0.05) is 31.9 Å². The first kappa shape index (κ1) is 23.1. The molecule has 0 unspecified atom stereocenters. The molecule has 0 aliphatic carbocycles. The number of hydrogen-bond donors (Lipinski definition) is 0. The second-order valence-electron chi connectivity index (χ2n) is 6.69. The molecule has 30 heavy (non-hydrogen) atoms. The predicted octanol–water partition coefficient (Wildman–Crippen LogP) is 2.50. The summed E-state index contributed by atoms with van der Waals surface area (Å²) in [6, 6.07) is 5.53. The fourth-order valence-corrected chi connectivity index (χ4v) is 2.90. The second kappa shape index (κ2) is 9.10. The van der Waals surface area contributed by atoms with Gasteiger partial charge < -0.3 is 9.80 Å². The summed E-state index contributed by atoms with van der Waals surface area (Å²) < 4.78 is 40.2. The highest BCUT2D eigenvalue weighted by Crippen LogP contribution is 2.30. The van der Waals surface area contributed by atoms with E-state index in [1.165, 1.54) is 31.0 Å². The minimum atomic E-state index is -4.55. The van der Waals surface area contributed by atoms with E-state index in [0.29, 0.717) is 13.1 Å².